The lowest BCUT2D eigenvalue weighted by Crippen LogP contribution is -2.19. The van der Waals surface area contributed by atoms with E-state index in [2.05, 4.69) is 22.1 Å². The van der Waals surface area contributed by atoms with Crippen molar-refractivity contribution in [2.75, 3.05) is 5.75 Å². The van der Waals surface area contributed by atoms with Gasteiger partial charge in [0.1, 0.15) is 11.3 Å². The molecule has 1 amide bonds. The second-order valence-corrected chi connectivity index (χ2v) is 6.30. The van der Waals surface area contributed by atoms with Crippen molar-refractivity contribution in [3.05, 3.63) is 66.2 Å². The highest BCUT2D eigenvalue weighted by atomic mass is 32.2. The Balaban J connectivity index is 1.54. The number of phenols is 1. The molecule has 7 heteroatoms. The number of rotatable bonds is 7. The first-order valence-corrected chi connectivity index (χ1v) is 8.88. The Kier molecular flexibility index (Phi) is 5.70. The van der Waals surface area contributed by atoms with E-state index in [0.717, 1.165) is 11.1 Å². The molecule has 2 N–H and O–H groups in total. The molecule has 26 heavy (non-hydrogen) atoms. The third kappa shape index (κ3) is 4.31. The van der Waals surface area contributed by atoms with Crippen LogP contribution in [0.4, 0.5) is 0 Å². The van der Waals surface area contributed by atoms with Crippen molar-refractivity contribution in [1.29, 1.82) is 0 Å². The standard InChI is InChI=1S/C19H17N3O3S/c1-2-6-13-7-5-8-14(18(13)24)11-20-22-17(23)12-26-19-21-15-9-3-4-10-16(15)25-19/h2-5,7-11,24H,1,6,12H2,(H,22,23)/b20-11+. The molecule has 2 aromatic carbocycles. The second-order valence-electron chi connectivity index (χ2n) is 5.38. The fourth-order valence-corrected chi connectivity index (χ4v) is 2.91. The Morgan fingerprint density at radius 2 is 2.15 bits per heavy atom. The summed E-state index contributed by atoms with van der Waals surface area (Å²) in [5, 5.41) is 14.4. The van der Waals surface area contributed by atoms with Crippen molar-refractivity contribution in [3.8, 4) is 5.75 Å². The van der Waals surface area contributed by atoms with Gasteiger partial charge < -0.3 is 9.52 Å². The number of fused-ring (bicyclic) bond motifs is 1. The third-order valence-corrected chi connectivity index (χ3v) is 4.34. The summed E-state index contributed by atoms with van der Waals surface area (Å²) >= 11 is 1.19. The number of nitrogens with one attached hydrogen (secondary N) is 1. The number of phenolic OH excluding ortho intramolecular Hbond substituents is 1. The Morgan fingerprint density at radius 1 is 1.31 bits per heavy atom. The van der Waals surface area contributed by atoms with E-state index in [0.29, 0.717) is 22.8 Å². The van der Waals surface area contributed by atoms with Gasteiger partial charge >= 0.3 is 0 Å². The summed E-state index contributed by atoms with van der Waals surface area (Å²) < 4.78 is 5.54. The fourth-order valence-electron chi connectivity index (χ4n) is 2.28. The molecule has 0 atom stereocenters. The van der Waals surface area contributed by atoms with Gasteiger partial charge in [-0.3, -0.25) is 4.79 Å². The number of allylic oxidation sites excluding steroid dienone is 1. The van der Waals surface area contributed by atoms with E-state index in [9.17, 15) is 9.90 Å². The van der Waals surface area contributed by atoms with Crippen LogP contribution in [-0.4, -0.2) is 28.0 Å². The highest BCUT2D eigenvalue weighted by Crippen LogP contribution is 2.23. The van der Waals surface area contributed by atoms with Gasteiger partial charge in [-0.2, -0.15) is 5.10 Å². The zero-order chi connectivity index (χ0) is 18.4. The Bertz CT molecular complexity index is 933. The van der Waals surface area contributed by atoms with E-state index < -0.39 is 0 Å². The number of carbonyl (C=O) groups is 1. The topological polar surface area (TPSA) is 87.7 Å². The quantitative estimate of drug-likeness (QED) is 0.289. The molecule has 3 rings (SSSR count). The number of benzene rings is 2. The normalized spacial score (nSPS) is 11.1. The minimum absolute atomic E-state index is 0.118. The summed E-state index contributed by atoms with van der Waals surface area (Å²) in [7, 11) is 0. The predicted molar refractivity (Wildman–Crippen MR) is 102 cm³/mol. The lowest BCUT2D eigenvalue weighted by molar-refractivity contribution is -0.118. The van der Waals surface area contributed by atoms with Crippen LogP contribution >= 0.6 is 11.8 Å². The number of hydrogen-bond donors (Lipinski definition) is 2. The molecule has 6 nitrogen and oxygen atoms in total. The molecule has 0 unspecified atom stereocenters. The van der Waals surface area contributed by atoms with Gasteiger partial charge in [0.25, 0.3) is 11.1 Å². The summed E-state index contributed by atoms with van der Waals surface area (Å²) in [6.45, 7) is 3.65. The summed E-state index contributed by atoms with van der Waals surface area (Å²) in [6.07, 6.45) is 3.67. The minimum Gasteiger partial charge on any atom is -0.507 e. The van der Waals surface area contributed by atoms with Crippen LogP contribution in [0.25, 0.3) is 11.1 Å². The van der Waals surface area contributed by atoms with Crippen molar-refractivity contribution >= 4 is 35.0 Å². The molecule has 0 fully saturated rings. The van der Waals surface area contributed by atoms with Gasteiger partial charge in [0.15, 0.2) is 5.58 Å². The van der Waals surface area contributed by atoms with Crippen LogP contribution in [-0.2, 0) is 11.2 Å². The van der Waals surface area contributed by atoms with Crippen molar-refractivity contribution < 1.29 is 14.3 Å². The molecule has 132 valence electrons. The number of hydrogen-bond acceptors (Lipinski definition) is 6. The van der Waals surface area contributed by atoms with Gasteiger partial charge in [0, 0.05) is 5.56 Å². The number of thioether (sulfide) groups is 1. The van der Waals surface area contributed by atoms with Crippen LogP contribution < -0.4 is 5.43 Å². The smallest absolute Gasteiger partial charge is 0.257 e. The monoisotopic (exact) mass is 367 g/mol. The van der Waals surface area contributed by atoms with E-state index in [1.807, 2.05) is 36.4 Å². The molecule has 0 radical (unpaired) electrons. The second kappa shape index (κ2) is 8.35. The molecule has 0 saturated carbocycles. The van der Waals surface area contributed by atoms with Gasteiger partial charge in [-0.1, -0.05) is 42.1 Å². The van der Waals surface area contributed by atoms with Crippen LogP contribution in [0.2, 0.25) is 0 Å². The summed E-state index contributed by atoms with van der Waals surface area (Å²) in [4.78, 5) is 16.2. The van der Waals surface area contributed by atoms with E-state index in [1.54, 1.807) is 12.1 Å². The first-order valence-electron chi connectivity index (χ1n) is 7.89. The highest BCUT2D eigenvalue weighted by molar-refractivity contribution is 7.99. The molecule has 0 aliphatic rings. The van der Waals surface area contributed by atoms with E-state index in [-0.39, 0.29) is 17.4 Å². The molecule has 0 bridgehead atoms. The van der Waals surface area contributed by atoms with E-state index >= 15 is 0 Å². The van der Waals surface area contributed by atoms with Gasteiger partial charge in [-0.25, -0.2) is 10.4 Å². The zero-order valence-corrected chi connectivity index (χ0v) is 14.7. The van der Waals surface area contributed by atoms with Gasteiger partial charge in [-0.05, 0) is 30.2 Å². The van der Waals surface area contributed by atoms with Gasteiger partial charge in [0.2, 0.25) is 0 Å². The molecular weight excluding hydrogens is 350 g/mol. The minimum atomic E-state index is -0.296. The Morgan fingerprint density at radius 3 is 2.96 bits per heavy atom. The van der Waals surface area contributed by atoms with Crippen molar-refractivity contribution in [2.45, 2.75) is 11.6 Å². The molecular formula is C19H17N3O3S. The first-order chi connectivity index (χ1) is 12.7. The maximum atomic E-state index is 11.9. The molecule has 0 saturated heterocycles. The lowest BCUT2D eigenvalue weighted by Gasteiger charge is -2.04. The Hall–Kier alpha value is -3.06. The Labute approximate surface area is 154 Å². The SMILES string of the molecule is C=CCc1cccc(/C=N/NC(=O)CSc2nc3ccccc3o2)c1O. The van der Waals surface area contributed by atoms with Crippen LogP contribution in [0, 0.1) is 0 Å². The van der Waals surface area contributed by atoms with Gasteiger partial charge in [0.05, 0.1) is 12.0 Å². The summed E-state index contributed by atoms with van der Waals surface area (Å²) in [5.41, 5.74) is 5.14. The molecule has 1 aromatic heterocycles. The molecule has 0 aliphatic heterocycles. The fraction of sp³-hybridized carbons (Fsp3) is 0.105. The number of aromatic hydroxyl groups is 1. The maximum Gasteiger partial charge on any atom is 0.257 e. The number of para-hydroxylation sites is 3. The van der Waals surface area contributed by atoms with E-state index in [4.69, 9.17) is 4.42 Å². The number of carbonyl (C=O) groups excluding carboxylic acids is 1. The maximum absolute atomic E-state index is 11.9. The molecule has 0 aliphatic carbocycles. The number of aromatic nitrogens is 1. The third-order valence-electron chi connectivity index (χ3n) is 3.51. The van der Waals surface area contributed by atoms with Crippen molar-refractivity contribution in [3.63, 3.8) is 0 Å². The number of nitrogens with zero attached hydrogens (tertiary/aromatic N) is 2. The zero-order valence-electron chi connectivity index (χ0n) is 13.9. The van der Waals surface area contributed by atoms with Crippen LogP contribution in [0.3, 0.4) is 0 Å². The average Bonchev–Trinajstić information content (AvgIpc) is 3.06. The summed E-state index contributed by atoms with van der Waals surface area (Å²) in [6, 6.07) is 12.7. The van der Waals surface area contributed by atoms with Crippen molar-refractivity contribution in [2.24, 2.45) is 5.10 Å². The van der Waals surface area contributed by atoms with E-state index in [1.165, 1.54) is 18.0 Å². The van der Waals surface area contributed by atoms with Crippen LogP contribution in [0.5, 0.6) is 5.75 Å². The van der Waals surface area contributed by atoms with Crippen LogP contribution in [0.1, 0.15) is 11.1 Å². The summed E-state index contributed by atoms with van der Waals surface area (Å²) in [5.74, 6) is -0.0476. The number of oxazole rings is 1. The molecule has 1 heterocycles. The highest BCUT2D eigenvalue weighted by Gasteiger charge is 2.09. The molecule has 0 spiro atoms. The molecule has 3 aromatic rings. The van der Waals surface area contributed by atoms with Gasteiger partial charge in [-0.15, -0.1) is 6.58 Å². The largest absolute Gasteiger partial charge is 0.507 e. The lowest BCUT2D eigenvalue weighted by atomic mass is 10.1. The average molecular weight is 367 g/mol. The number of hydrazone groups is 1. The van der Waals surface area contributed by atoms with Crippen molar-refractivity contribution in [1.82, 2.24) is 10.4 Å². The first kappa shape index (κ1) is 17.8. The van der Waals surface area contributed by atoms with Crippen LogP contribution in [0.15, 0.2) is 69.9 Å². The number of amides is 1. The predicted octanol–water partition coefficient (Wildman–Crippen LogP) is 3.50.